The van der Waals surface area contributed by atoms with E-state index in [-0.39, 0.29) is 0 Å². The lowest BCUT2D eigenvalue weighted by atomic mass is 9.30. The number of allylic oxidation sites excluding steroid dienone is 1. The third-order valence-corrected chi connectivity index (χ3v) is 25.3. The van der Waals surface area contributed by atoms with Gasteiger partial charge in [0.15, 0.2) is 0 Å². The first-order valence-corrected chi connectivity index (χ1v) is 51.0. The van der Waals surface area contributed by atoms with Gasteiger partial charge in [0.25, 0.3) is 0 Å². The van der Waals surface area contributed by atoms with Crippen LogP contribution in [-0.4, -0.2) is 0 Å². The minimum absolute atomic E-state index is 0.345. The van der Waals surface area contributed by atoms with Crippen molar-refractivity contribution < 1.29 is 0 Å². The molecule has 6 unspecified atom stereocenters. The van der Waals surface area contributed by atoms with Crippen LogP contribution in [0.5, 0.6) is 0 Å². The molecule has 0 nitrogen and oxygen atoms in total. The Labute approximate surface area is 751 Å². The fourth-order valence-corrected chi connectivity index (χ4v) is 18.2. The highest BCUT2D eigenvalue weighted by atomic mass is 14.7. The maximum Gasteiger partial charge on any atom is 0.0703 e. The zero-order valence-electron chi connectivity index (χ0n) is 80.6. The summed E-state index contributed by atoms with van der Waals surface area (Å²) < 4.78 is 0. The van der Waals surface area contributed by atoms with Crippen LogP contribution in [0.25, 0.3) is 0 Å². The number of rotatable bonds is 70. The van der Waals surface area contributed by atoms with E-state index in [0.717, 1.165) is 315 Å². The Kier molecular flexibility index (Phi) is 77.5. The summed E-state index contributed by atoms with van der Waals surface area (Å²) in [6, 6.07) is 0. The lowest BCUT2D eigenvalue weighted by molar-refractivity contribution is -0.162. The minimum Gasteiger partial charge on any atom is -0.124 e. The molecule has 0 saturated heterocycles. The van der Waals surface area contributed by atoms with Gasteiger partial charge >= 0.3 is 0 Å². The topological polar surface area (TPSA) is 0 Å². The molecule has 0 aromatic heterocycles. The molecule has 0 aliphatic carbocycles. The SMILES string of the molecule is C#CCCCCCCCC(CC#CCCCCCC)(C(=C=CCCCCCCCC)CC#CCCCCCCC)C(C#CCCCCCCC)(CCCCCCC#C)C(C#CCCCCCC)(CC#CCCCCC)C(CC#CCCCC)(CCCCCC#C)C(C#CCCCCC)(CCCCC#C)C(C#CCCCC)(CC#C)CC#CCCC. The predicted molar refractivity (Wildman–Crippen MR) is 534 cm³/mol. The lowest BCUT2D eigenvalue weighted by Gasteiger charge is -2.68. The molecule has 0 aromatic carbocycles. The number of hydrogen-bond donors (Lipinski definition) is 0. The van der Waals surface area contributed by atoms with E-state index in [0.29, 0.717) is 64.2 Å². The molecule has 662 valence electrons. The summed E-state index contributed by atoms with van der Waals surface area (Å²) in [6.07, 6.45) is 104. The van der Waals surface area contributed by atoms with Crippen LogP contribution >= 0.6 is 0 Å². The van der Waals surface area contributed by atoms with Gasteiger partial charge in [-0.15, -0.1) is 144 Å². The number of unbranched alkanes of at least 4 members (excludes halogenated alkanes) is 49. The third kappa shape index (κ3) is 46.7. The standard InChI is InChI=1S/C120H182/c1-16-31-45-59-67-69-74-85-99-114(100-86-75-70-68-60-46-32-17-2)116(104-89-79-71-61-47-33-18-3,105-90-80-72-62-48-34-19-4)118(108-93-81-64-50-36-21-6,109-94-84-73-63-49-35-20-5)120(112-97-82-65-51-37-22-7,113-98-83-66-52-38-23-8)119(110-95-77-54-40-25-10,111-96-78-55-41-26-11)117(106-91-58-44-29-14,107-92-76-53-39-24-9)115(101-30-15,102-87-56-42-27-12)103-88-57-43-28-13/h3,6,10,14-15,85H,16-17,19-20,22-24,26-28,31-56,58-74,76-77,79,81-82,84,89,91,93,95,100-101,103-106,108,110-111,113H2,1-2,4-5,7-9,11-13H3. The molecule has 0 aliphatic rings. The number of hydrogen-bond acceptors (Lipinski definition) is 0. The Morgan fingerprint density at radius 1 is 0.217 bits per heavy atom. The minimum atomic E-state index is -1.18. The van der Waals surface area contributed by atoms with E-state index < -0.39 is 32.5 Å². The van der Waals surface area contributed by atoms with Crippen molar-refractivity contribution in [3.63, 3.8) is 0 Å². The molecule has 0 spiro atoms. The summed E-state index contributed by atoms with van der Waals surface area (Å²) in [7, 11) is 0. The van der Waals surface area contributed by atoms with Crippen LogP contribution in [0.2, 0.25) is 0 Å². The summed E-state index contributed by atoms with van der Waals surface area (Å²) >= 11 is 0. The van der Waals surface area contributed by atoms with Crippen LogP contribution in [-0.2, 0) is 0 Å². The molecule has 0 aliphatic heterocycles. The second-order valence-electron chi connectivity index (χ2n) is 35.2. The summed E-state index contributed by atoms with van der Waals surface area (Å²) in [4.78, 5) is 0. The summed E-state index contributed by atoms with van der Waals surface area (Å²) in [6.45, 7) is 23.1. The van der Waals surface area contributed by atoms with E-state index in [2.05, 4.69) is 199 Å². The van der Waals surface area contributed by atoms with Gasteiger partial charge in [0.05, 0.1) is 21.7 Å². The number of terminal acetylenes is 5. The van der Waals surface area contributed by atoms with E-state index in [1.807, 2.05) is 0 Å². The van der Waals surface area contributed by atoms with Crippen molar-refractivity contribution in [2.45, 2.75) is 538 Å². The van der Waals surface area contributed by atoms with Crippen LogP contribution in [0.4, 0.5) is 0 Å². The lowest BCUT2D eigenvalue weighted by Crippen LogP contribution is -2.67. The quantitative estimate of drug-likeness (QED) is 0.0323. The Hall–Kier alpha value is -6.64. The molecular weight excluding hydrogens is 1440 g/mol. The summed E-state index contributed by atoms with van der Waals surface area (Å²) in [5.74, 6) is 93.6. The highest BCUT2D eigenvalue weighted by Gasteiger charge is 2.75. The fourth-order valence-electron chi connectivity index (χ4n) is 18.2. The first-order valence-electron chi connectivity index (χ1n) is 51.0. The van der Waals surface area contributed by atoms with Crippen molar-refractivity contribution in [3.05, 3.63) is 17.4 Å². The molecule has 6 atom stereocenters. The molecule has 120 heavy (non-hydrogen) atoms. The van der Waals surface area contributed by atoms with Gasteiger partial charge in [0, 0.05) is 133 Å². The van der Waals surface area contributed by atoms with E-state index in [4.69, 9.17) is 49.9 Å². The van der Waals surface area contributed by atoms with Gasteiger partial charge in [0.2, 0.25) is 0 Å². The van der Waals surface area contributed by atoms with Crippen LogP contribution in [0.1, 0.15) is 538 Å². The molecule has 0 rings (SSSR count). The molecule has 0 saturated carbocycles. The van der Waals surface area contributed by atoms with Crippen molar-refractivity contribution in [2.75, 3.05) is 0 Å². The zero-order valence-corrected chi connectivity index (χ0v) is 80.6. The van der Waals surface area contributed by atoms with Gasteiger partial charge in [-0.25, -0.2) is 0 Å². The molecule has 0 fully saturated rings. The van der Waals surface area contributed by atoms with Crippen LogP contribution < -0.4 is 0 Å². The largest absolute Gasteiger partial charge is 0.124 e. The molecule has 0 N–H and O–H groups in total. The second-order valence-corrected chi connectivity index (χ2v) is 35.2. The van der Waals surface area contributed by atoms with Crippen molar-refractivity contribution >= 4 is 0 Å². The van der Waals surface area contributed by atoms with Crippen molar-refractivity contribution in [1.82, 2.24) is 0 Å². The first kappa shape index (κ1) is 113. The van der Waals surface area contributed by atoms with Crippen LogP contribution in [0.15, 0.2) is 17.4 Å². The first-order chi connectivity index (χ1) is 59.1. The molecular formula is C120H182. The van der Waals surface area contributed by atoms with Gasteiger partial charge in [-0.05, 0) is 134 Å². The second kappa shape index (κ2) is 82.0. The zero-order chi connectivity index (χ0) is 87.9. The highest BCUT2D eigenvalue weighted by molar-refractivity contribution is 5.48. The van der Waals surface area contributed by atoms with E-state index in [1.54, 1.807) is 0 Å². The van der Waals surface area contributed by atoms with E-state index in [1.165, 1.54) is 95.5 Å². The average Bonchev–Trinajstić information content (AvgIpc) is 0.665. The van der Waals surface area contributed by atoms with Crippen molar-refractivity contribution in [1.29, 1.82) is 0 Å². The third-order valence-electron chi connectivity index (χ3n) is 25.3. The Balaban J connectivity index is 13.6. The molecule has 0 bridgehead atoms. The van der Waals surface area contributed by atoms with Crippen LogP contribution in [0, 0.1) is 201 Å². The normalized spacial score (nSPS) is 13.4. The summed E-state index contributed by atoms with van der Waals surface area (Å²) in [5.41, 5.74) is -0.417. The Morgan fingerprint density at radius 3 is 1.02 bits per heavy atom. The summed E-state index contributed by atoms with van der Waals surface area (Å²) in [5, 5.41) is 0. The van der Waals surface area contributed by atoms with Gasteiger partial charge in [-0.3, -0.25) is 0 Å². The van der Waals surface area contributed by atoms with Gasteiger partial charge in [-0.1, -0.05) is 324 Å². The molecule has 0 amide bonds. The van der Waals surface area contributed by atoms with E-state index >= 15 is 0 Å². The monoisotopic (exact) mass is 1620 g/mol. The molecule has 0 aromatic rings. The molecule has 0 radical (unpaired) electrons. The predicted octanol–water partition coefficient (Wildman–Crippen LogP) is 34.9. The van der Waals surface area contributed by atoms with Gasteiger partial charge < -0.3 is 0 Å². The maximum absolute atomic E-state index is 7.40. The Bertz CT molecular complexity index is 3470. The van der Waals surface area contributed by atoms with Gasteiger partial charge in [-0.2, -0.15) is 0 Å². The average molecular weight is 1620 g/mol. The van der Waals surface area contributed by atoms with Crippen molar-refractivity contribution in [2.24, 2.45) is 32.5 Å². The maximum atomic E-state index is 7.40. The smallest absolute Gasteiger partial charge is 0.0703 e. The van der Waals surface area contributed by atoms with Crippen LogP contribution in [0.3, 0.4) is 0 Å². The highest BCUT2D eigenvalue weighted by Crippen LogP contribution is 2.77. The van der Waals surface area contributed by atoms with E-state index in [9.17, 15) is 0 Å². The fraction of sp³-hybridized carbons (Fsp3) is 0.742. The Morgan fingerprint density at radius 2 is 0.533 bits per heavy atom. The van der Waals surface area contributed by atoms with Crippen molar-refractivity contribution in [3.8, 4) is 168 Å². The molecule has 0 heterocycles. The van der Waals surface area contributed by atoms with Gasteiger partial charge in [0.1, 0.15) is 0 Å². The molecule has 0 heteroatoms.